The lowest BCUT2D eigenvalue weighted by Crippen LogP contribution is -2.30. The number of amides is 2. The Hall–Kier alpha value is -2.34. The zero-order valence-electron chi connectivity index (χ0n) is 17.2. The van der Waals surface area contributed by atoms with E-state index in [2.05, 4.69) is 5.32 Å². The van der Waals surface area contributed by atoms with Gasteiger partial charge >= 0.3 is 0 Å². The van der Waals surface area contributed by atoms with E-state index in [4.69, 9.17) is 4.74 Å². The summed E-state index contributed by atoms with van der Waals surface area (Å²) in [5.41, 5.74) is 1.55. The van der Waals surface area contributed by atoms with Crippen molar-refractivity contribution >= 4 is 28.2 Å². The number of rotatable bonds is 4. The summed E-state index contributed by atoms with van der Waals surface area (Å²) in [6.07, 6.45) is 1.94. The van der Waals surface area contributed by atoms with Crippen LogP contribution in [0.2, 0.25) is 0 Å². The van der Waals surface area contributed by atoms with Crippen molar-refractivity contribution < 1.29 is 14.3 Å². The fourth-order valence-corrected chi connectivity index (χ4v) is 4.39. The van der Waals surface area contributed by atoms with Gasteiger partial charge in [0.1, 0.15) is 5.75 Å². The molecule has 0 radical (unpaired) electrons. The Labute approximate surface area is 170 Å². The molecule has 3 rings (SSSR count). The molecule has 0 saturated carbocycles. The van der Waals surface area contributed by atoms with Gasteiger partial charge in [0.15, 0.2) is 0 Å². The number of thiophene rings is 1. The molecule has 5 nitrogen and oxygen atoms in total. The predicted octanol–water partition coefficient (Wildman–Crippen LogP) is 5.03. The Bertz CT molecular complexity index is 865. The number of aryl methyl sites for hydroxylation is 1. The van der Waals surface area contributed by atoms with Gasteiger partial charge in [-0.15, -0.1) is 11.3 Å². The minimum Gasteiger partial charge on any atom is -0.497 e. The summed E-state index contributed by atoms with van der Waals surface area (Å²) in [4.78, 5) is 28.2. The van der Waals surface area contributed by atoms with Crippen LogP contribution in [-0.2, 0) is 4.79 Å². The Kier molecular flexibility index (Phi) is 5.79. The highest BCUT2D eigenvalue weighted by molar-refractivity contribution is 7.18. The molecule has 150 valence electrons. The summed E-state index contributed by atoms with van der Waals surface area (Å²) < 4.78 is 5.24. The van der Waals surface area contributed by atoms with Crippen LogP contribution in [0.4, 0.5) is 5.00 Å². The average Bonchev–Trinajstić information content (AvgIpc) is 3.27. The molecular formula is C22H28N2O3S. The first kappa shape index (κ1) is 20.4. The number of ether oxygens (including phenoxy) is 1. The van der Waals surface area contributed by atoms with Crippen molar-refractivity contribution in [3.05, 3.63) is 46.3 Å². The van der Waals surface area contributed by atoms with Crippen LogP contribution in [0.5, 0.6) is 5.75 Å². The summed E-state index contributed by atoms with van der Waals surface area (Å²) in [6, 6.07) is 9.91. The molecule has 2 aromatic rings. The van der Waals surface area contributed by atoms with Crippen molar-refractivity contribution in [2.45, 2.75) is 46.6 Å². The van der Waals surface area contributed by atoms with Crippen molar-refractivity contribution in [3.8, 4) is 5.75 Å². The first-order valence-electron chi connectivity index (χ1n) is 9.57. The van der Waals surface area contributed by atoms with Crippen molar-refractivity contribution in [1.29, 1.82) is 0 Å². The number of carbonyl (C=O) groups is 2. The number of hydrogen-bond donors (Lipinski definition) is 1. The number of nitrogens with one attached hydrogen (secondary N) is 1. The van der Waals surface area contributed by atoms with Crippen LogP contribution in [-0.4, -0.2) is 30.4 Å². The maximum Gasteiger partial charge on any atom is 0.264 e. The molecule has 6 heteroatoms. The van der Waals surface area contributed by atoms with Crippen LogP contribution in [0, 0.1) is 12.3 Å². The predicted molar refractivity (Wildman–Crippen MR) is 113 cm³/mol. The van der Waals surface area contributed by atoms with Gasteiger partial charge in [-0.1, -0.05) is 32.9 Å². The van der Waals surface area contributed by atoms with Crippen LogP contribution < -0.4 is 10.1 Å². The molecule has 1 atom stereocenters. The van der Waals surface area contributed by atoms with Crippen LogP contribution in [0.15, 0.2) is 30.3 Å². The molecule has 28 heavy (non-hydrogen) atoms. The summed E-state index contributed by atoms with van der Waals surface area (Å²) in [7, 11) is 1.65. The van der Waals surface area contributed by atoms with E-state index in [1.807, 2.05) is 62.9 Å². The van der Waals surface area contributed by atoms with Crippen LogP contribution in [0.1, 0.15) is 60.5 Å². The molecule has 1 unspecified atom stereocenters. The van der Waals surface area contributed by atoms with Crippen molar-refractivity contribution in [2.75, 3.05) is 19.0 Å². The Morgan fingerprint density at radius 1 is 1.21 bits per heavy atom. The number of hydrogen-bond acceptors (Lipinski definition) is 4. The second-order valence-corrected chi connectivity index (χ2v) is 9.31. The first-order chi connectivity index (χ1) is 13.2. The van der Waals surface area contributed by atoms with E-state index in [9.17, 15) is 9.59 Å². The molecule has 1 aromatic heterocycles. The normalized spacial score (nSPS) is 16.9. The zero-order valence-corrected chi connectivity index (χ0v) is 18.0. The van der Waals surface area contributed by atoms with Gasteiger partial charge in [-0.05, 0) is 49.1 Å². The van der Waals surface area contributed by atoms with Gasteiger partial charge < -0.3 is 15.0 Å². The van der Waals surface area contributed by atoms with Gasteiger partial charge in [0.05, 0.1) is 23.0 Å². The fourth-order valence-electron chi connectivity index (χ4n) is 3.37. The highest BCUT2D eigenvalue weighted by Crippen LogP contribution is 2.37. The van der Waals surface area contributed by atoms with E-state index >= 15 is 0 Å². The third-order valence-corrected chi connectivity index (χ3v) is 6.18. The number of nitrogens with zero attached hydrogens (tertiary/aromatic N) is 1. The van der Waals surface area contributed by atoms with Gasteiger partial charge in [-0.25, -0.2) is 0 Å². The second-order valence-electron chi connectivity index (χ2n) is 8.26. The molecule has 1 aliphatic heterocycles. The lowest BCUT2D eigenvalue weighted by Gasteiger charge is -2.25. The third kappa shape index (κ3) is 4.22. The monoisotopic (exact) mass is 400 g/mol. The number of methoxy groups -OCH3 is 1. The number of carbonyl (C=O) groups excluding carboxylic acids is 2. The van der Waals surface area contributed by atoms with Gasteiger partial charge in [-0.3, -0.25) is 9.59 Å². The average molecular weight is 401 g/mol. The second kappa shape index (κ2) is 7.95. The standard InChI is InChI=1S/C22H28N2O3S/c1-14-13-18(23-21(26)22(2,3)4)28-19(14)20(25)24-12-6-7-17(24)15-8-10-16(27-5)11-9-15/h8-11,13,17H,6-7,12H2,1-5H3,(H,23,26). The Morgan fingerprint density at radius 3 is 2.50 bits per heavy atom. The number of likely N-dealkylation sites (tertiary alicyclic amines) is 1. The van der Waals surface area contributed by atoms with E-state index in [-0.39, 0.29) is 17.9 Å². The quantitative estimate of drug-likeness (QED) is 0.783. The van der Waals surface area contributed by atoms with Crippen LogP contribution >= 0.6 is 11.3 Å². The van der Waals surface area contributed by atoms with Crippen molar-refractivity contribution in [3.63, 3.8) is 0 Å². The minimum absolute atomic E-state index is 0.0390. The maximum atomic E-state index is 13.3. The molecular weight excluding hydrogens is 372 g/mol. The van der Waals surface area contributed by atoms with E-state index in [0.717, 1.165) is 41.3 Å². The molecule has 1 N–H and O–H groups in total. The molecule has 1 aliphatic rings. The van der Waals surface area contributed by atoms with E-state index in [1.165, 1.54) is 11.3 Å². The Morgan fingerprint density at radius 2 is 1.89 bits per heavy atom. The van der Waals surface area contributed by atoms with E-state index in [0.29, 0.717) is 4.88 Å². The summed E-state index contributed by atoms with van der Waals surface area (Å²) >= 11 is 1.36. The smallest absolute Gasteiger partial charge is 0.264 e. The molecule has 0 bridgehead atoms. The van der Waals surface area contributed by atoms with Crippen molar-refractivity contribution in [2.24, 2.45) is 5.41 Å². The number of benzene rings is 1. The highest BCUT2D eigenvalue weighted by atomic mass is 32.1. The zero-order chi connectivity index (χ0) is 20.5. The molecule has 1 fully saturated rings. The van der Waals surface area contributed by atoms with Crippen LogP contribution in [0.25, 0.3) is 0 Å². The third-order valence-electron chi connectivity index (χ3n) is 5.04. The fraction of sp³-hybridized carbons (Fsp3) is 0.455. The maximum absolute atomic E-state index is 13.3. The molecule has 2 amide bonds. The molecule has 0 spiro atoms. The van der Waals surface area contributed by atoms with Crippen molar-refractivity contribution in [1.82, 2.24) is 4.90 Å². The first-order valence-corrected chi connectivity index (χ1v) is 10.4. The topological polar surface area (TPSA) is 58.6 Å². The summed E-state index contributed by atoms with van der Waals surface area (Å²) in [6.45, 7) is 8.29. The van der Waals surface area contributed by atoms with Gasteiger partial charge in [0.2, 0.25) is 5.91 Å². The summed E-state index contributed by atoms with van der Waals surface area (Å²) in [5.74, 6) is 0.801. The SMILES string of the molecule is COc1ccc(C2CCCN2C(=O)c2sc(NC(=O)C(C)(C)C)cc2C)cc1. The lowest BCUT2D eigenvalue weighted by atomic mass is 9.96. The van der Waals surface area contributed by atoms with Gasteiger partial charge in [0.25, 0.3) is 5.91 Å². The minimum atomic E-state index is -0.476. The highest BCUT2D eigenvalue weighted by Gasteiger charge is 2.32. The largest absolute Gasteiger partial charge is 0.497 e. The van der Waals surface area contributed by atoms with E-state index < -0.39 is 5.41 Å². The van der Waals surface area contributed by atoms with Gasteiger partial charge in [0, 0.05) is 12.0 Å². The van der Waals surface area contributed by atoms with Crippen LogP contribution in [0.3, 0.4) is 0 Å². The molecule has 1 aromatic carbocycles. The molecule has 2 heterocycles. The van der Waals surface area contributed by atoms with Gasteiger partial charge in [-0.2, -0.15) is 0 Å². The Balaban J connectivity index is 1.79. The van der Waals surface area contributed by atoms with E-state index in [1.54, 1.807) is 7.11 Å². The summed E-state index contributed by atoms with van der Waals surface area (Å²) in [5, 5.41) is 3.66. The molecule has 1 saturated heterocycles. The molecule has 0 aliphatic carbocycles. The lowest BCUT2D eigenvalue weighted by molar-refractivity contribution is -0.123. The number of anilines is 1.